The zero-order valence-electron chi connectivity index (χ0n) is 12.6. The van der Waals surface area contributed by atoms with Crippen molar-refractivity contribution in [3.8, 4) is 0 Å². The Morgan fingerprint density at radius 1 is 1.20 bits per heavy atom. The van der Waals surface area contributed by atoms with Gasteiger partial charge < -0.3 is 4.90 Å². The number of piperidine rings is 1. The maximum absolute atomic E-state index is 13.0. The van der Waals surface area contributed by atoms with Crippen molar-refractivity contribution < 1.29 is 14.7 Å². The number of nitrogens with one attached hydrogen (secondary N) is 3. The Balaban J connectivity index is 1.78. The van der Waals surface area contributed by atoms with Gasteiger partial charge >= 0.3 is 0 Å². The minimum absolute atomic E-state index is 0.102. The van der Waals surface area contributed by atoms with Gasteiger partial charge in [0.15, 0.2) is 11.1 Å². The van der Waals surface area contributed by atoms with E-state index in [-0.39, 0.29) is 11.1 Å². The molecule has 2 heterocycles. The van der Waals surface area contributed by atoms with Crippen LogP contribution in [-0.4, -0.2) is 37.4 Å². The number of carbonyl (C=O) groups excluding carboxylic acids is 1. The molecule has 4 rings (SSSR count). The lowest BCUT2D eigenvalue weighted by Crippen LogP contribution is -3.16. The van der Waals surface area contributed by atoms with E-state index in [1.54, 1.807) is 0 Å². The average molecular weight is 277 g/mol. The summed E-state index contributed by atoms with van der Waals surface area (Å²) in [6.07, 6.45) is 9.53. The maximum atomic E-state index is 13.0. The van der Waals surface area contributed by atoms with Gasteiger partial charge in [0, 0.05) is 12.8 Å². The summed E-state index contributed by atoms with van der Waals surface area (Å²) in [6.45, 7) is 2.18. The van der Waals surface area contributed by atoms with Gasteiger partial charge in [-0.15, -0.1) is 0 Å². The van der Waals surface area contributed by atoms with Crippen LogP contribution in [0.4, 0.5) is 0 Å². The smallest absolute Gasteiger partial charge is 0.247 e. The third-order valence-corrected chi connectivity index (χ3v) is 6.15. The van der Waals surface area contributed by atoms with E-state index in [4.69, 9.17) is 0 Å². The van der Waals surface area contributed by atoms with Crippen LogP contribution in [0.5, 0.6) is 0 Å². The Morgan fingerprint density at radius 3 is 2.80 bits per heavy atom. The van der Waals surface area contributed by atoms with Crippen molar-refractivity contribution in [1.82, 2.24) is 5.32 Å². The summed E-state index contributed by atoms with van der Waals surface area (Å²) in [5, 5.41) is 3.41. The van der Waals surface area contributed by atoms with Crippen LogP contribution in [0.1, 0.15) is 51.4 Å². The number of quaternary nitrogens is 1. The van der Waals surface area contributed by atoms with Crippen LogP contribution in [0.15, 0.2) is 0 Å². The molecule has 4 aliphatic rings. The minimum Gasteiger partial charge on any atom is -0.335 e. The first kappa shape index (κ1) is 12.8. The van der Waals surface area contributed by atoms with Gasteiger partial charge in [0.25, 0.3) is 0 Å². The summed E-state index contributed by atoms with van der Waals surface area (Å²) < 4.78 is 0. The highest BCUT2D eigenvalue weighted by Gasteiger charge is 2.63. The van der Waals surface area contributed by atoms with Crippen LogP contribution in [-0.2, 0) is 4.79 Å². The number of carbonyl (C=O) groups is 1. The third-order valence-electron chi connectivity index (χ3n) is 6.15. The zero-order valence-corrected chi connectivity index (χ0v) is 12.6. The molecule has 0 radical (unpaired) electrons. The van der Waals surface area contributed by atoms with Gasteiger partial charge in [0.05, 0.1) is 19.5 Å². The van der Waals surface area contributed by atoms with Crippen molar-refractivity contribution in [2.75, 3.05) is 20.1 Å². The highest BCUT2D eigenvalue weighted by molar-refractivity contribution is 6.09. The molecular formula is C16H27N3O+2. The molecule has 1 saturated heterocycles. The fourth-order valence-electron chi connectivity index (χ4n) is 5.28. The molecule has 2 aliphatic carbocycles. The van der Waals surface area contributed by atoms with Gasteiger partial charge in [-0.3, -0.25) is 10.1 Å². The summed E-state index contributed by atoms with van der Waals surface area (Å²) in [7, 11) is 2.25. The molecule has 3 N–H and O–H groups in total. The van der Waals surface area contributed by atoms with Gasteiger partial charge in [-0.05, 0) is 25.7 Å². The molecule has 4 heteroatoms. The first-order chi connectivity index (χ1) is 9.64. The lowest BCUT2D eigenvalue weighted by molar-refractivity contribution is -0.892. The van der Waals surface area contributed by atoms with Crippen LogP contribution in [0.2, 0.25) is 0 Å². The van der Waals surface area contributed by atoms with E-state index in [2.05, 4.69) is 17.4 Å². The van der Waals surface area contributed by atoms with E-state index in [1.807, 2.05) is 0 Å². The largest absolute Gasteiger partial charge is 0.335 e. The van der Waals surface area contributed by atoms with Gasteiger partial charge in [0.2, 0.25) is 11.6 Å². The third kappa shape index (κ3) is 1.70. The Labute approximate surface area is 121 Å². The molecule has 1 spiro atoms. The van der Waals surface area contributed by atoms with E-state index < -0.39 is 0 Å². The predicted octanol–water partition coefficient (Wildman–Crippen LogP) is -1.39. The Hall–Kier alpha value is -0.900. The molecule has 2 saturated carbocycles. The fourth-order valence-corrected chi connectivity index (χ4v) is 5.28. The number of hydrogen-bond donors (Lipinski definition) is 3. The van der Waals surface area contributed by atoms with Gasteiger partial charge in [-0.25, -0.2) is 4.99 Å². The molecule has 0 aromatic carbocycles. The van der Waals surface area contributed by atoms with Crippen LogP contribution in [0.3, 0.4) is 0 Å². The summed E-state index contributed by atoms with van der Waals surface area (Å²) in [5.74, 6) is 0.944. The van der Waals surface area contributed by atoms with Crippen LogP contribution in [0, 0.1) is 11.3 Å². The summed E-state index contributed by atoms with van der Waals surface area (Å²) >= 11 is 0. The van der Waals surface area contributed by atoms with E-state index in [0.29, 0.717) is 11.8 Å². The second-order valence-electron chi connectivity index (χ2n) is 7.64. The Morgan fingerprint density at radius 2 is 2.00 bits per heavy atom. The quantitative estimate of drug-likeness (QED) is 0.502. The SMILES string of the molecule is C[NH+]1C[C@@H]2CCC[C@@]3(C1)C(=O)NC1(CCCCC1)[NH+]=C23. The second-order valence-corrected chi connectivity index (χ2v) is 7.64. The summed E-state index contributed by atoms with van der Waals surface area (Å²) in [6, 6.07) is 0. The molecule has 3 fully saturated rings. The molecule has 0 aromatic rings. The van der Waals surface area contributed by atoms with Gasteiger partial charge in [-0.2, -0.15) is 0 Å². The minimum atomic E-state index is -0.200. The molecule has 20 heavy (non-hydrogen) atoms. The lowest BCUT2D eigenvalue weighted by Gasteiger charge is -2.48. The Kier molecular flexibility index (Phi) is 2.75. The fraction of sp³-hybridized carbons (Fsp3) is 0.875. The highest BCUT2D eigenvalue weighted by Crippen LogP contribution is 2.39. The van der Waals surface area contributed by atoms with E-state index in [1.165, 1.54) is 49.3 Å². The van der Waals surface area contributed by atoms with Crippen molar-refractivity contribution in [2.24, 2.45) is 11.3 Å². The first-order valence-electron chi connectivity index (χ1n) is 8.43. The molecule has 1 unspecified atom stereocenters. The lowest BCUT2D eigenvalue weighted by atomic mass is 9.62. The van der Waals surface area contributed by atoms with E-state index >= 15 is 0 Å². The second kappa shape index (κ2) is 4.30. The normalized spacial score (nSPS) is 42.6. The van der Waals surface area contributed by atoms with Crippen molar-refractivity contribution in [2.45, 2.75) is 57.0 Å². The van der Waals surface area contributed by atoms with Crippen molar-refractivity contribution in [3.63, 3.8) is 0 Å². The van der Waals surface area contributed by atoms with Crippen molar-refractivity contribution in [1.29, 1.82) is 0 Å². The average Bonchev–Trinajstić information content (AvgIpc) is 2.40. The molecule has 3 atom stereocenters. The van der Waals surface area contributed by atoms with Crippen molar-refractivity contribution in [3.05, 3.63) is 0 Å². The number of hydrogen-bond acceptors (Lipinski definition) is 1. The molecular weight excluding hydrogens is 250 g/mol. The van der Waals surface area contributed by atoms with E-state index in [9.17, 15) is 4.79 Å². The molecule has 2 aliphatic heterocycles. The highest BCUT2D eigenvalue weighted by atomic mass is 16.2. The van der Waals surface area contributed by atoms with E-state index in [0.717, 1.165) is 25.8 Å². The monoisotopic (exact) mass is 277 g/mol. The van der Waals surface area contributed by atoms with Gasteiger partial charge in [-0.1, -0.05) is 12.8 Å². The topological polar surface area (TPSA) is 47.5 Å². The number of likely N-dealkylation sites (tertiary alicyclic amines) is 1. The van der Waals surface area contributed by atoms with Gasteiger partial charge in [0.1, 0.15) is 6.54 Å². The molecule has 4 nitrogen and oxygen atoms in total. The Bertz CT molecular complexity index is 466. The molecule has 0 aromatic heterocycles. The van der Waals surface area contributed by atoms with Crippen LogP contribution < -0.4 is 15.2 Å². The molecule has 1 amide bonds. The molecule has 2 bridgehead atoms. The number of amides is 1. The summed E-state index contributed by atoms with van der Waals surface area (Å²) in [4.78, 5) is 18.4. The zero-order chi connectivity index (χ0) is 13.8. The van der Waals surface area contributed by atoms with Crippen LogP contribution in [0.25, 0.3) is 0 Å². The van der Waals surface area contributed by atoms with Crippen molar-refractivity contribution >= 4 is 11.6 Å². The standard InChI is InChI=1S/C16H25N3O/c1-19-10-12-6-5-7-15(11-19)13(12)17-16(18-14(15)20)8-3-2-4-9-16/h12H,2-11H2,1H3,(H,18,20)/p+2/t12-,15-/m0/s1. The maximum Gasteiger partial charge on any atom is 0.247 e. The predicted molar refractivity (Wildman–Crippen MR) is 76.3 cm³/mol. The van der Waals surface area contributed by atoms with Crippen LogP contribution >= 0.6 is 0 Å². The number of rotatable bonds is 0. The first-order valence-corrected chi connectivity index (χ1v) is 8.43. The molecule has 110 valence electrons. The summed E-state index contributed by atoms with van der Waals surface area (Å²) in [5.41, 5.74) is 1.11.